The van der Waals surface area contributed by atoms with Crippen molar-refractivity contribution in [2.75, 3.05) is 6.54 Å². The van der Waals surface area contributed by atoms with Crippen molar-refractivity contribution < 1.29 is 4.39 Å². The lowest BCUT2D eigenvalue weighted by atomic mass is 10.2. The molecule has 0 bridgehead atoms. The molecule has 1 aromatic carbocycles. The third kappa shape index (κ3) is 4.34. The molecule has 0 saturated carbocycles. The molecule has 0 amide bonds. The summed E-state index contributed by atoms with van der Waals surface area (Å²) in [5.74, 6) is -0.235. The molecule has 5 heteroatoms. The average molecular weight is 371 g/mol. The molecular weight excluding hydrogens is 351 g/mol. The van der Waals surface area contributed by atoms with Gasteiger partial charge in [0.05, 0.1) is 5.69 Å². The van der Waals surface area contributed by atoms with Crippen LogP contribution in [0.1, 0.15) is 37.3 Å². The summed E-state index contributed by atoms with van der Waals surface area (Å²) in [5, 5.41) is 4.39. The van der Waals surface area contributed by atoms with Crippen LogP contribution in [0.3, 0.4) is 0 Å². The highest BCUT2D eigenvalue weighted by Gasteiger charge is 2.14. The van der Waals surface area contributed by atoms with Crippen LogP contribution in [0.5, 0.6) is 0 Å². The molecule has 114 valence electrons. The van der Waals surface area contributed by atoms with E-state index in [2.05, 4.69) is 35.1 Å². The molecule has 0 fully saturated rings. The minimum Gasteiger partial charge on any atom is -0.312 e. The van der Waals surface area contributed by atoms with Gasteiger partial charge in [-0.1, -0.05) is 20.3 Å². The zero-order chi connectivity index (χ0) is 15.2. The van der Waals surface area contributed by atoms with Gasteiger partial charge in [-0.3, -0.25) is 0 Å². The Bertz CT molecular complexity index is 598. The number of thiazole rings is 1. The van der Waals surface area contributed by atoms with E-state index in [0.717, 1.165) is 53.1 Å². The van der Waals surface area contributed by atoms with Crippen LogP contribution in [0.25, 0.3) is 10.6 Å². The monoisotopic (exact) mass is 370 g/mol. The normalized spacial score (nSPS) is 11.0. The maximum absolute atomic E-state index is 13.2. The van der Waals surface area contributed by atoms with E-state index in [1.165, 1.54) is 17.0 Å². The summed E-state index contributed by atoms with van der Waals surface area (Å²) in [7, 11) is 0. The predicted octanol–water partition coefficient (Wildman–Crippen LogP) is 5.16. The lowest BCUT2D eigenvalue weighted by Crippen LogP contribution is -2.13. The average Bonchev–Trinajstić information content (AvgIpc) is 2.82. The summed E-state index contributed by atoms with van der Waals surface area (Å²) in [4.78, 5) is 6.05. The van der Waals surface area contributed by atoms with Crippen molar-refractivity contribution in [3.8, 4) is 10.6 Å². The van der Waals surface area contributed by atoms with E-state index < -0.39 is 0 Å². The molecule has 0 atom stereocenters. The Morgan fingerprint density at radius 1 is 1.29 bits per heavy atom. The highest BCUT2D eigenvalue weighted by atomic mass is 79.9. The third-order valence-corrected chi connectivity index (χ3v) is 4.93. The molecule has 21 heavy (non-hydrogen) atoms. The number of nitrogens with zero attached hydrogens (tertiary/aromatic N) is 1. The molecule has 0 unspecified atom stereocenters. The van der Waals surface area contributed by atoms with Gasteiger partial charge in [0.2, 0.25) is 0 Å². The second-order valence-electron chi connectivity index (χ2n) is 4.94. The number of nitrogens with one attached hydrogen (secondary N) is 1. The first-order chi connectivity index (χ1) is 10.2. The molecule has 0 aliphatic heterocycles. The predicted molar refractivity (Wildman–Crippen MR) is 91.2 cm³/mol. The molecule has 0 radical (unpaired) electrons. The quantitative estimate of drug-likeness (QED) is 0.680. The Kier molecular flexibility index (Phi) is 6.33. The number of benzene rings is 1. The number of halogens is 2. The Labute approximate surface area is 137 Å². The molecule has 1 N–H and O–H groups in total. The van der Waals surface area contributed by atoms with Crippen LogP contribution in [-0.4, -0.2) is 11.5 Å². The highest BCUT2D eigenvalue weighted by Crippen LogP contribution is 2.34. The summed E-state index contributed by atoms with van der Waals surface area (Å²) >= 11 is 5.13. The van der Waals surface area contributed by atoms with Gasteiger partial charge in [0, 0.05) is 21.5 Å². The molecular formula is C16H20BrFN2S. The number of aromatic nitrogens is 1. The van der Waals surface area contributed by atoms with E-state index in [0.29, 0.717) is 0 Å². The van der Waals surface area contributed by atoms with Gasteiger partial charge in [-0.05, 0) is 53.5 Å². The summed E-state index contributed by atoms with van der Waals surface area (Å²) in [6.45, 7) is 6.20. The van der Waals surface area contributed by atoms with Gasteiger partial charge in [-0.25, -0.2) is 9.37 Å². The van der Waals surface area contributed by atoms with Gasteiger partial charge >= 0.3 is 0 Å². The fraction of sp³-hybridized carbons (Fsp3) is 0.438. The topological polar surface area (TPSA) is 24.9 Å². The largest absolute Gasteiger partial charge is 0.312 e. The molecule has 2 aromatic rings. The zero-order valence-electron chi connectivity index (χ0n) is 12.4. The Morgan fingerprint density at radius 3 is 2.76 bits per heavy atom. The summed E-state index contributed by atoms with van der Waals surface area (Å²) in [5.41, 5.74) is 2.12. The molecule has 0 spiro atoms. The van der Waals surface area contributed by atoms with E-state index in [4.69, 9.17) is 4.98 Å². The van der Waals surface area contributed by atoms with Gasteiger partial charge in [0.15, 0.2) is 0 Å². The van der Waals surface area contributed by atoms with E-state index >= 15 is 0 Å². The van der Waals surface area contributed by atoms with Gasteiger partial charge in [-0.15, -0.1) is 11.3 Å². The highest BCUT2D eigenvalue weighted by molar-refractivity contribution is 9.10. The van der Waals surface area contributed by atoms with Crippen molar-refractivity contribution in [1.82, 2.24) is 10.3 Å². The first-order valence-corrected chi connectivity index (χ1v) is 8.91. The van der Waals surface area contributed by atoms with Gasteiger partial charge in [0.1, 0.15) is 10.8 Å². The van der Waals surface area contributed by atoms with Crippen LogP contribution < -0.4 is 5.32 Å². The van der Waals surface area contributed by atoms with Crippen molar-refractivity contribution in [3.63, 3.8) is 0 Å². The van der Waals surface area contributed by atoms with Gasteiger partial charge in [-0.2, -0.15) is 0 Å². The molecule has 0 aliphatic carbocycles. The van der Waals surface area contributed by atoms with E-state index in [9.17, 15) is 4.39 Å². The van der Waals surface area contributed by atoms with E-state index in [1.54, 1.807) is 17.4 Å². The standard InChI is InChI=1S/C16H20BrFN2S/c1-3-5-14-15(10-19-8-4-2)21-16(20-14)12-7-6-11(18)9-13(12)17/h6-7,9,19H,3-5,8,10H2,1-2H3. The molecule has 1 aromatic heterocycles. The SMILES string of the molecule is CCCNCc1sc(-c2ccc(F)cc2Br)nc1CCC. The lowest BCUT2D eigenvalue weighted by molar-refractivity contribution is 0.627. The molecule has 0 aliphatic rings. The molecule has 2 nitrogen and oxygen atoms in total. The second kappa shape index (κ2) is 8.01. The van der Waals surface area contributed by atoms with Crippen molar-refractivity contribution >= 4 is 27.3 Å². The van der Waals surface area contributed by atoms with Crippen LogP contribution in [0.4, 0.5) is 4.39 Å². The van der Waals surface area contributed by atoms with Crippen molar-refractivity contribution in [1.29, 1.82) is 0 Å². The molecule has 1 heterocycles. The first-order valence-electron chi connectivity index (χ1n) is 7.30. The summed E-state index contributed by atoms with van der Waals surface area (Å²) < 4.78 is 14.0. The minimum atomic E-state index is -0.235. The number of aryl methyl sites for hydroxylation is 1. The fourth-order valence-corrected chi connectivity index (χ4v) is 3.90. The van der Waals surface area contributed by atoms with Gasteiger partial charge in [0.25, 0.3) is 0 Å². The Hall–Kier alpha value is -0.780. The van der Waals surface area contributed by atoms with Crippen molar-refractivity contribution in [2.45, 2.75) is 39.7 Å². The Morgan fingerprint density at radius 2 is 2.10 bits per heavy atom. The maximum Gasteiger partial charge on any atom is 0.125 e. The number of hydrogen-bond acceptors (Lipinski definition) is 3. The van der Waals surface area contributed by atoms with Crippen molar-refractivity contribution in [3.05, 3.63) is 39.1 Å². The second-order valence-corrected chi connectivity index (χ2v) is 6.88. The van der Waals surface area contributed by atoms with E-state index in [1.807, 2.05) is 0 Å². The van der Waals surface area contributed by atoms with Crippen molar-refractivity contribution in [2.24, 2.45) is 0 Å². The molecule has 2 rings (SSSR count). The molecule has 0 saturated heterocycles. The van der Waals surface area contributed by atoms with Crippen LogP contribution >= 0.6 is 27.3 Å². The van der Waals surface area contributed by atoms with Crippen LogP contribution in [-0.2, 0) is 13.0 Å². The summed E-state index contributed by atoms with van der Waals surface area (Å²) in [6, 6.07) is 4.76. The lowest BCUT2D eigenvalue weighted by Gasteiger charge is -2.02. The van der Waals surface area contributed by atoms with Crippen LogP contribution in [0, 0.1) is 5.82 Å². The maximum atomic E-state index is 13.2. The number of rotatable bonds is 7. The van der Waals surface area contributed by atoms with E-state index in [-0.39, 0.29) is 5.82 Å². The fourth-order valence-electron chi connectivity index (χ4n) is 2.11. The summed E-state index contributed by atoms with van der Waals surface area (Å²) in [6.07, 6.45) is 3.19. The van der Waals surface area contributed by atoms with Gasteiger partial charge < -0.3 is 5.32 Å². The Balaban J connectivity index is 2.29. The van der Waals surface area contributed by atoms with Crippen LogP contribution in [0.15, 0.2) is 22.7 Å². The zero-order valence-corrected chi connectivity index (χ0v) is 14.8. The minimum absolute atomic E-state index is 0.235. The van der Waals surface area contributed by atoms with Crippen LogP contribution in [0.2, 0.25) is 0 Å². The number of hydrogen-bond donors (Lipinski definition) is 1. The third-order valence-electron chi connectivity index (χ3n) is 3.14. The smallest absolute Gasteiger partial charge is 0.125 e. The first kappa shape index (κ1) is 16.6.